The summed E-state index contributed by atoms with van der Waals surface area (Å²) in [6, 6.07) is 5.53. The second kappa shape index (κ2) is 5.53. The number of nitrogens with zero attached hydrogens (tertiary/aromatic N) is 3. The lowest BCUT2D eigenvalue weighted by atomic mass is 10.3. The highest BCUT2D eigenvalue weighted by Gasteiger charge is 2.16. The number of anilines is 1. The van der Waals surface area contributed by atoms with E-state index in [1.54, 1.807) is 23.5 Å². The van der Waals surface area contributed by atoms with Crippen molar-refractivity contribution in [1.29, 1.82) is 0 Å². The molecule has 114 valence electrons. The highest BCUT2D eigenvalue weighted by Crippen LogP contribution is 2.32. The fourth-order valence-electron chi connectivity index (χ4n) is 2.78. The van der Waals surface area contributed by atoms with Gasteiger partial charge in [-0.15, -0.1) is 11.3 Å². The van der Waals surface area contributed by atoms with E-state index >= 15 is 0 Å². The Morgan fingerprint density at radius 3 is 2.82 bits per heavy atom. The first kappa shape index (κ1) is 14.0. The summed E-state index contributed by atoms with van der Waals surface area (Å²) < 4.78 is 5.37. The van der Waals surface area contributed by atoms with Gasteiger partial charge in [0.15, 0.2) is 16.8 Å². The van der Waals surface area contributed by atoms with E-state index in [0.717, 1.165) is 16.8 Å². The molecule has 1 aliphatic heterocycles. The number of thiophene rings is 1. The van der Waals surface area contributed by atoms with E-state index in [-0.39, 0.29) is 0 Å². The number of likely N-dealkylation sites (tertiary alicyclic amines) is 1. The molecule has 4 rings (SSSR count). The molecule has 1 aliphatic rings. The average molecular weight is 335 g/mol. The maximum absolute atomic E-state index is 6.09. The normalized spacial score (nSPS) is 15.9. The van der Waals surface area contributed by atoms with Crippen molar-refractivity contribution >= 4 is 39.0 Å². The van der Waals surface area contributed by atoms with Crippen LogP contribution in [0.25, 0.3) is 21.8 Å². The number of aromatic nitrogens is 2. The van der Waals surface area contributed by atoms with E-state index in [1.807, 2.05) is 0 Å². The fraction of sp³-hybridized carbons (Fsp3) is 0.333. The largest absolute Gasteiger partial charge is 0.441 e. The average Bonchev–Trinajstić information content (AvgIpc) is 3.19. The molecule has 0 aliphatic carbocycles. The summed E-state index contributed by atoms with van der Waals surface area (Å²) >= 11 is 7.48. The first-order valence-corrected chi connectivity index (χ1v) is 8.42. The van der Waals surface area contributed by atoms with Gasteiger partial charge in [-0.3, -0.25) is 4.90 Å². The number of furan rings is 1. The van der Waals surface area contributed by atoms with Gasteiger partial charge in [0.05, 0.1) is 5.39 Å². The number of halogens is 1. The van der Waals surface area contributed by atoms with Gasteiger partial charge in [0, 0.05) is 11.4 Å². The van der Waals surface area contributed by atoms with E-state index in [0.29, 0.717) is 22.6 Å². The highest BCUT2D eigenvalue weighted by atomic mass is 35.5. The van der Waals surface area contributed by atoms with Crippen molar-refractivity contribution in [2.75, 3.05) is 18.8 Å². The van der Waals surface area contributed by atoms with Gasteiger partial charge in [0.2, 0.25) is 0 Å². The molecule has 22 heavy (non-hydrogen) atoms. The van der Waals surface area contributed by atoms with Crippen molar-refractivity contribution in [3.05, 3.63) is 28.3 Å². The van der Waals surface area contributed by atoms with Crippen LogP contribution >= 0.6 is 22.9 Å². The van der Waals surface area contributed by atoms with Gasteiger partial charge in [0.1, 0.15) is 10.6 Å². The third kappa shape index (κ3) is 2.58. The minimum absolute atomic E-state index is 0.318. The molecule has 0 amide bonds. The fourth-order valence-corrected chi connectivity index (χ4v) is 4.00. The van der Waals surface area contributed by atoms with Gasteiger partial charge in [-0.25, -0.2) is 9.97 Å². The van der Waals surface area contributed by atoms with Crippen LogP contribution in [0.5, 0.6) is 0 Å². The molecule has 5 nitrogen and oxygen atoms in total. The van der Waals surface area contributed by atoms with Crippen molar-refractivity contribution in [2.45, 2.75) is 19.4 Å². The molecule has 1 fully saturated rings. The predicted molar refractivity (Wildman–Crippen MR) is 89.1 cm³/mol. The van der Waals surface area contributed by atoms with Crippen LogP contribution in [0, 0.1) is 0 Å². The molecular formula is C15H15ClN4OS. The van der Waals surface area contributed by atoms with E-state index in [2.05, 4.69) is 20.9 Å². The Hall–Kier alpha value is -1.63. The molecule has 0 atom stereocenters. The summed E-state index contributed by atoms with van der Waals surface area (Å²) in [5.41, 5.74) is 6.09. The van der Waals surface area contributed by atoms with Crippen LogP contribution in [0.2, 0.25) is 5.22 Å². The number of fused-ring (bicyclic) bond motifs is 1. The Bertz CT molecular complexity index is 822. The van der Waals surface area contributed by atoms with E-state index < -0.39 is 0 Å². The van der Waals surface area contributed by atoms with Gasteiger partial charge in [0.25, 0.3) is 0 Å². The summed E-state index contributed by atoms with van der Waals surface area (Å²) in [7, 11) is 0. The third-order valence-electron chi connectivity index (χ3n) is 3.84. The second-order valence-electron chi connectivity index (χ2n) is 5.45. The Kier molecular flexibility index (Phi) is 3.52. The molecule has 0 radical (unpaired) electrons. The number of rotatable bonds is 3. The molecule has 0 aromatic carbocycles. The molecular weight excluding hydrogens is 320 g/mol. The maximum Gasteiger partial charge on any atom is 0.199 e. The van der Waals surface area contributed by atoms with Crippen molar-refractivity contribution < 1.29 is 4.42 Å². The Balaban J connectivity index is 1.70. The summed E-state index contributed by atoms with van der Waals surface area (Å²) in [6.45, 7) is 3.31. The molecule has 0 unspecified atom stereocenters. The standard InChI is InChI=1S/C15H15ClN4OS/c16-12-4-3-11(21-12)14-18-13(17)10-7-9(22-15(10)19-14)8-20-5-1-2-6-20/h3-4,7H,1-2,5-6,8H2,(H2,17,18,19). The highest BCUT2D eigenvalue weighted by molar-refractivity contribution is 7.18. The Morgan fingerprint density at radius 1 is 1.27 bits per heavy atom. The van der Waals surface area contributed by atoms with Gasteiger partial charge < -0.3 is 10.2 Å². The maximum atomic E-state index is 6.09. The van der Waals surface area contributed by atoms with Crippen LogP contribution in [0.3, 0.4) is 0 Å². The van der Waals surface area contributed by atoms with E-state index in [4.69, 9.17) is 21.8 Å². The number of hydrogen-bond donors (Lipinski definition) is 1. The van der Waals surface area contributed by atoms with Gasteiger partial charge in [-0.05, 0) is 55.7 Å². The van der Waals surface area contributed by atoms with Gasteiger partial charge in [-0.1, -0.05) is 0 Å². The zero-order valence-corrected chi connectivity index (χ0v) is 13.5. The lowest BCUT2D eigenvalue weighted by Crippen LogP contribution is -2.17. The minimum atomic E-state index is 0.318. The van der Waals surface area contributed by atoms with Crippen LogP contribution in [-0.2, 0) is 6.54 Å². The van der Waals surface area contributed by atoms with Crippen LogP contribution in [0.1, 0.15) is 17.7 Å². The number of nitrogen functional groups attached to an aromatic ring is 1. The Morgan fingerprint density at radius 2 is 2.09 bits per heavy atom. The lowest BCUT2D eigenvalue weighted by Gasteiger charge is -2.11. The van der Waals surface area contributed by atoms with E-state index in [9.17, 15) is 0 Å². The number of nitrogens with two attached hydrogens (primary N) is 1. The lowest BCUT2D eigenvalue weighted by molar-refractivity contribution is 0.334. The summed E-state index contributed by atoms with van der Waals surface area (Å²) in [4.78, 5) is 13.5. The summed E-state index contributed by atoms with van der Waals surface area (Å²) in [6.07, 6.45) is 2.58. The molecule has 0 bridgehead atoms. The summed E-state index contributed by atoms with van der Waals surface area (Å²) in [5.74, 6) is 1.50. The molecule has 3 aromatic heterocycles. The van der Waals surface area contributed by atoms with E-state index in [1.165, 1.54) is 30.8 Å². The zero-order valence-electron chi connectivity index (χ0n) is 11.9. The van der Waals surface area contributed by atoms with Crippen molar-refractivity contribution in [2.24, 2.45) is 0 Å². The zero-order chi connectivity index (χ0) is 15.1. The van der Waals surface area contributed by atoms with Crippen molar-refractivity contribution in [3.63, 3.8) is 0 Å². The van der Waals surface area contributed by atoms with Crippen LogP contribution in [-0.4, -0.2) is 28.0 Å². The number of hydrogen-bond acceptors (Lipinski definition) is 6. The monoisotopic (exact) mass is 334 g/mol. The van der Waals surface area contributed by atoms with Crippen LogP contribution in [0.4, 0.5) is 5.82 Å². The SMILES string of the molecule is Nc1nc(-c2ccc(Cl)o2)nc2sc(CN3CCCC3)cc12. The first-order valence-electron chi connectivity index (χ1n) is 7.23. The predicted octanol–water partition coefficient (Wildman–Crippen LogP) is 3.78. The first-order chi connectivity index (χ1) is 10.7. The molecule has 2 N–H and O–H groups in total. The molecule has 1 saturated heterocycles. The molecule has 0 spiro atoms. The van der Waals surface area contributed by atoms with Crippen LogP contribution < -0.4 is 5.73 Å². The van der Waals surface area contributed by atoms with Gasteiger partial charge in [-0.2, -0.15) is 0 Å². The molecule has 4 heterocycles. The summed E-state index contributed by atoms with van der Waals surface area (Å²) in [5, 5.41) is 1.23. The second-order valence-corrected chi connectivity index (χ2v) is 6.94. The Labute approximate surface area is 136 Å². The van der Waals surface area contributed by atoms with Gasteiger partial charge >= 0.3 is 0 Å². The quantitative estimate of drug-likeness (QED) is 0.789. The molecule has 0 saturated carbocycles. The molecule has 7 heteroatoms. The smallest absolute Gasteiger partial charge is 0.199 e. The van der Waals surface area contributed by atoms with Crippen molar-refractivity contribution in [3.8, 4) is 11.6 Å². The molecule has 3 aromatic rings. The topological polar surface area (TPSA) is 68.2 Å². The van der Waals surface area contributed by atoms with Crippen molar-refractivity contribution in [1.82, 2.24) is 14.9 Å². The van der Waals surface area contributed by atoms with Crippen LogP contribution in [0.15, 0.2) is 22.6 Å². The minimum Gasteiger partial charge on any atom is -0.441 e. The third-order valence-corrected chi connectivity index (χ3v) is 5.06.